The number of likely N-dealkylation sites (tertiary alicyclic amines) is 1. The predicted molar refractivity (Wildman–Crippen MR) is 117 cm³/mol. The summed E-state index contributed by atoms with van der Waals surface area (Å²) >= 11 is 0. The topological polar surface area (TPSA) is 79.0 Å². The van der Waals surface area contributed by atoms with Crippen LogP contribution in [0.25, 0.3) is 0 Å². The molecule has 8 heteroatoms. The van der Waals surface area contributed by atoms with Crippen molar-refractivity contribution in [2.75, 3.05) is 46.4 Å². The molecule has 2 saturated heterocycles. The molecule has 168 valence electrons. The zero-order chi connectivity index (χ0) is 21.4. The first-order valence-corrected chi connectivity index (χ1v) is 12.6. The van der Waals surface area contributed by atoms with Crippen LogP contribution in [-0.2, 0) is 10.0 Å². The number of ether oxygens (including phenoxy) is 1. The van der Waals surface area contributed by atoms with Crippen molar-refractivity contribution >= 4 is 15.9 Å². The van der Waals surface area contributed by atoms with Crippen molar-refractivity contribution in [1.29, 1.82) is 0 Å². The van der Waals surface area contributed by atoms with E-state index in [4.69, 9.17) is 4.74 Å². The number of benzene rings is 1. The number of methoxy groups -OCH3 is 1. The molecular formula is C22H35N3O4S. The summed E-state index contributed by atoms with van der Waals surface area (Å²) < 4.78 is 33.1. The molecule has 7 nitrogen and oxygen atoms in total. The van der Waals surface area contributed by atoms with Crippen LogP contribution in [0.5, 0.6) is 5.75 Å². The SMILES string of the molecule is COc1ccc(S(=O)(=O)N2CCCCCC2)cc1C(=O)NCCN1CCCCCC1. The van der Waals surface area contributed by atoms with Crippen molar-refractivity contribution < 1.29 is 17.9 Å². The summed E-state index contributed by atoms with van der Waals surface area (Å²) in [5, 5.41) is 2.94. The third-order valence-corrected chi connectivity index (χ3v) is 7.93. The van der Waals surface area contributed by atoms with Crippen LogP contribution in [0.15, 0.2) is 23.1 Å². The van der Waals surface area contributed by atoms with E-state index in [1.165, 1.54) is 44.9 Å². The molecule has 0 spiro atoms. The van der Waals surface area contributed by atoms with E-state index in [2.05, 4.69) is 10.2 Å². The maximum Gasteiger partial charge on any atom is 0.255 e. The van der Waals surface area contributed by atoms with Gasteiger partial charge in [0, 0.05) is 26.2 Å². The number of carbonyl (C=O) groups is 1. The zero-order valence-electron chi connectivity index (χ0n) is 18.1. The molecule has 2 aliphatic heterocycles. The second-order valence-electron chi connectivity index (χ2n) is 8.19. The van der Waals surface area contributed by atoms with Gasteiger partial charge in [-0.15, -0.1) is 0 Å². The molecule has 2 fully saturated rings. The van der Waals surface area contributed by atoms with E-state index in [0.717, 1.165) is 45.3 Å². The average Bonchev–Trinajstić information content (AvgIpc) is 3.19. The van der Waals surface area contributed by atoms with E-state index in [1.807, 2.05) is 0 Å². The first-order valence-electron chi connectivity index (χ1n) is 11.2. The van der Waals surface area contributed by atoms with E-state index in [-0.39, 0.29) is 16.4 Å². The molecule has 1 amide bonds. The molecule has 1 aromatic rings. The fourth-order valence-corrected chi connectivity index (χ4v) is 5.78. The summed E-state index contributed by atoms with van der Waals surface area (Å²) in [6.45, 7) is 4.55. The minimum absolute atomic E-state index is 0.155. The van der Waals surface area contributed by atoms with Crippen molar-refractivity contribution in [3.05, 3.63) is 23.8 Å². The Bertz CT molecular complexity index is 797. The number of rotatable bonds is 7. The van der Waals surface area contributed by atoms with Crippen molar-refractivity contribution in [2.24, 2.45) is 0 Å². The fraction of sp³-hybridized carbons (Fsp3) is 0.682. The third-order valence-electron chi connectivity index (χ3n) is 6.03. The molecular weight excluding hydrogens is 402 g/mol. The van der Waals surface area contributed by atoms with E-state index in [1.54, 1.807) is 10.4 Å². The highest BCUT2D eigenvalue weighted by Gasteiger charge is 2.27. The minimum atomic E-state index is -3.62. The van der Waals surface area contributed by atoms with E-state index >= 15 is 0 Å². The highest BCUT2D eigenvalue weighted by atomic mass is 32.2. The Labute approximate surface area is 180 Å². The van der Waals surface area contributed by atoms with Gasteiger partial charge in [-0.2, -0.15) is 4.31 Å². The fourth-order valence-electron chi connectivity index (χ4n) is 4.24. The predicted octanol–water partition coefficient (Wildman–Crippen LogP) is 2.87. The van der Waals surface area contributed by atoms with E-state index < -0.39 is 10.0 Å². The second kappa shape index (κ2) is 11.1. The average molecular weight is 438 g/mol. The van der Waals surface area contributed by atoms with Crippen LogP contribution in [0, 0.1) is 0 Å². The Morgan fingerprint density at radius 3 is 2.17 bits per heavy atom. The van der Waals surface area contributed by atoms with Crippen LogP contribution < -0.4 is 10.1 Å². The first kappa shape index (κ1) is 23.0. The van der Waals surface area contributed by atoms with Crippen LogP contribution >= 0.6 is 0 Å². The lowest BCUT2D eigenvalue weighted by Crippen LogP contribution is -2.36. The molecule has 2 heterocycles. The van der Waals surface area contributed by atoms with Gasteiger partial charge in [-0.3, -0.25) is 4.79 Å². The summed E-state index contributed by atoms with van der Waals surface area (Å²) in [7, 11) is -2.13. The highest BCUT2D eigenvalue weighted by Crippen LogP contribution is 2.26. The molecule has 3 rings (SSSR count). The zero-order valence-corrected chi connectivity index (χ0v) is 18.9. The van der Waals surface area contributed by atoms with E-state index in [9.17, 15) is 13.2 Å². The van der Waals surface area contributed by atoms with Gasteiger partial charge in [0.05, 0.1) is 17.6 Å². The molecule has 0 radical (unpaired) electrons. The molecule has 0 aliphatic carbocycles. The third kappa shape index (κ3) is 5.95. The summed E-state index contributed by atoms with van der Waals surface area (Å²) in [4.78, 5) is 15.4. The maximum atomic E-state index is 13.1. The standard InChI is InChI=1S/C22H35N3O4S/c1-29-21-11-10-19(30(27,28)25-15-8-4-5-9-16-25)18-20(21)22(26)23-12-17-24-13-6-2-3-7-14-24/h10-11,18H,2-9,12-17H2,1H3,(H,23,26). The van der Waals surface area contributed by atoms with Gasteiger partial charge in [0.1, 0.15) is 5.75 Å². The molecule has 0 unspecified atom stereocenters. The normalized spacial score (nSPS) is 19.6. The number of sulfonamides is 1. The molecule has 0 bridgehead atoms. The number of hydrogen-bond acceptors (Lipinski definition) is 5. The lowest BCUT2D eigenvalue weighted by Gasteiger charge is -2.21. The molecule has 30 heavy (non-hydrogen) atoms. The first-order chi connectivity index (χ1) is 14.5. The second-order valence-corrected chi connectivity index (χ2v) is 10.1. The highest BCUT2D eigenvalue weighted by molar-refractivity contribution is 7.89. The Balaban J connectivity index is 1.69. The van der Waals surface area contributed by atoms with Crippen molar-refractivity contribution in [3.63, 3.8) is 0 Å². The lowest BCUT2D eigenvalue weighted by atomic mass is 10.2. The number of hydrogen-bond donors (Lipinski definition) is 1. The Morgan fingerprint density at radius 1 is 0.967 bits per heavy atom. The Kier molecular flexibility index (Phi) is 8.53. The van der Waals surface area contributed by atoms with Gasteiger partial charge in [-0.05, 0) is 57.0 Å². The summed E-state index contributed by atoms with van der Waals surface area (Å²) in [6.07, 6.45) is 8.82. The number of nitrogens with zero attached hydrogens (tertiary/aromatic N) is 2. The molecule has 0 aromatic heterocycles. The Morgan fingerprint density at radius 2 is 1.57 bits per heavy atom. The smallest absolute Gasteiger partial charge is 0.255 e. The van der Waals surface area contributed by atoms with Gasteiger partial charge in [0.2, 0.25) is 10.0 Å². The van der Waals surface area contributed by atoms with Crippen LogP contribution in [0.3, 0.4) is 0 Å². The monoisotopic (exact) mass is 437 g/mol. The lowest BCUT2D eigenvalue weighted by molar-refractivity contribution is 0.0945. The van der Waals surface area contributed by atoms with Gasteiger partial charge in [-0.1, -0.05) is 25.7 Å². The van der Waals surface area contributed by atoms with Crippen LogP contribution in [0.4, 0.5) is 0 Å². The number of carbonyl (C=O) groups excluding carboxylic acids is 1. The van der Waals surface area contributed by atoms with Gasteiger partial charge in [0.15, 0.2) is 0 Å². The molecule has 2 aliphatic rings. The molecule has 0 saturated carbocycles. The van der Waals surface area contributed by atoms with Crippen molar-refractivity contribution in [1.82, 2.24) is 14.5 Å². The van der Waals surface area contributed by atoms with Crippen molar-refractivity contribution in [2.45, 2.75) is 56.3 Å². The summed E-state index contributed by atoms with van der Waals surface area (Å²) in [6, 6.07) is 4.57. The van der Waals surface area contributed by atoms with Crippen LogP contribution in [0.2, 0.25) is 0 Å². The number of nitrogens with one attached hydrogen (secondary N) is 1. The van der Waals surface area contributed by atoms with Crippen molar-refractivity contribution in [3.8, 4) is 5.75 Å². The Hall–Kier alpha value is -1.64. The molecule has 1 N–H and O–H groups in total. The largest absolute Gasteiger partial charge is 0.496 e. The summed E-state index contributed by atoms with van der Waals surface area (Å²) in [5.74, 6) is 0.0895. The number of amides is 1. The molecule has 0 atom stereocenters. The van der Waals surface area contributed by atoms with Gasteiger partial charge < -0.3 is 15.0 Å². The minimum Gasteiger partial charge on any atom is -0.496 e. The molecule has 1 aromatic carbocycles. The quantitative estimate of drug-likeness (QED) is 0.710. The van der Waals surface area contributed by atoms with Gasteiger partial charge in [-0.25, -0.2) is 8.42 Å². The summed E-state index contributed by atoms with van der Waals surface area (Å²) in [5.41, 5.74) is 0.268. The maximum absolute atomic E-state index is 13.1. The van der Waals surface area contributed by atoms with Crippen LogP contribution in [-0.4, -0.2) is 69.9 Å². The van der Waals surface area contributed by atoms with Gasteiger partial charge in [0.25, 0.3) is 5.91 Å². The van der Waals surface area contributed by atoms with Crippen LogP contribution in [0.1, 0.15) is 61.7 Å². The van der Waals surface area contributed by atoms with Gasteiger partial charge >= 0.3 is 0 Å². The van der Waals surface area contributed by atoms with E-state index in [0.29, 0.717) is 25.4 Å².